The summed E-state index contributed by atoms with van der Waals surface area (Å²) in [6, 6.07) is -0.0866. The molecule has 2 atom stereocenters. The summed E-state index contributed by atoms with van der Waals surface area (Å²) in [7, 11) is 0. The van der Waals surface area contributed by atoms with Crippen molar-refractivity contribution in [2.45, 2.75) is 31.4 Å². The van der Waals surface area contributed by atoms with Crippen LogP contribution in [-0.4, -0.2) is 22.7 Å². The summed E-state index contributed by atoms with van der Waals surface area (Å²) in [6.45, 7) is 0.825. The summed E-state index contributed by atoms with van der Waals surface area (Å²) in [5, 5.41) is 0. The summed E-state index contributed by atoms with van der Waals surface area (Å²) in [5.74, 6) is 0. The van der Waals surface area contributed by atoms with E-state index in [4.69, 9.17) is 10.5 Å². The van der Waals surface area contributed by atoms with E-state index in [0.29, 0.717) is 0 Å². The summed E-state index contributed by atoms with van der Waals surface area (Å²) in [6.07, 6.45) is 8.55. The highest BCUT2D eigenvalue weighted by Gasteiger charge is 2.22. The van der Waals surface area contributed by atoms with E-state index < -0.39 is 0 Å². The first kappa shape index (κ1) is 9.55. The molecular weight excluding hydrogens is 178 g/mol. The smallest absolute Gasteiger partial charge is 0.115 e. The lowest BCUT2D eigenvalue weighted by Crippen LogP contribution is -2.32. The standard InChI is InChI=1S/C10H15N3O/c11-10(8-5-12-7-13-6-8)9-3-1-2-4-14-9/h5-7,9-10H,1-4,11H2. The SMILES string of the molecule is NC(c1cncnc1)C1CCCCO1. The number of hydrogen-bond donors (Lipinski definition) is 1. The highest BCUT2D eigenvalue weighted by atomic mass is 16.5. The second-order valence-electron chi connectivity index (χ2n) is 3.60. The molecule has 0 amide bonds. The second-order valence-corrected chi connectivity index (χ2v) is 3.60. The number of aromatic nitrogens is 2. The number of rotatable bonds is 2. The number of hydrogen-bond acceptors (Lipinski definition) is 4. The van der Waals surface area contributed by atoms with Gasteiger partial charge in [-0.2, -0.15) is 0 Å². The molecule has 76 valence electrons. The molecule has 1 aliphatic rings. The fourth-order valence-electron chi connectivity index (χ4n) is 1.75. The van der Waals surface area contributed by atoms with E-state index in [-0.39, 0.29) is 12.1 Å². The van der Waals surface area contributed by atoms with Crippen molar-refractivity contribution in [1.29, 1.82) is 0 Å². The fourth-order valence-corrected chi connectivity index (χ4v) is 1.75. The zero-order valence-corrected chi connectivity index (χ0v) is 8.10. The Morgan fingerprint density at radius 2 is 2.14 bits per heavy atom. The average molecular weight is 193 g/mol. The lowest BCUT2D eigenvalue weighted by molar-refractivity contribution is -0.000112. The summed E-state index contributed by atoms with van der Waals surface area (Å²) < 4.78 is 5.61. The van der Waals surface area contributed by atoms with Crippen molar-refractivity contribution in [3.63, 3.8) is 0 Å². The second kappa shape index (κ2) is 4.48. The maximum Gasteiger partial charge on any atom is 0.115 e. The Balaban J connectivity index is 2.03. The molecular formula is C10H15N3O. The molecule has 2 N–H and O–H groups in total. The minimum Gasteiger partial charge on any atom is -0.376 e. The summed E-state index contributed by atoms with van der Waals surface area (Å²) in [4.78, 5) is 7.91. The van der Waals surface area contributed by atoms with Gasteiger partial charge in [0.25, 0.3) is 0 Å². The number of nitrogens with zero attached hydrogens (tertiary/aromatic N) is 2. The minimum atomic E-state index is -0.0866. The van der Waals surface area contributed by atoms with Crippen molar-refractivity contribution in [2.75, 3.05) is 6.61 Å². The van der Waals surface area contributed by atoms with Gasteiger partial charge in [0.15, 0.2) is 0 Å². The molecule has 1 aromatic heterocycles. The van der Waals surface area contributed by atoms with Crippen molar-refractivity contribution >= 4 is 0 Å². The summed E-state index contributed by atoms with van der Waals surface area (Å²) in [5.41, 5.74) is 7.02. The zero-order valence-electron chi connectivity index (χ0n) is 8.10. The third-order valence-corrected chi connectivity index (χ3v) is 2.58. The Bertz CT molecular complexity index is 272. The molecule has 0 aliphatic carbocycles. The third-order valence-electron chi connectivity index (χ3n) is 2.58. The number of ether oxygens (including phenoxy) is 1. The number of nitrogens with two attached hydrogens (primary N) is 1. The van der Waals surface area contributed by atoms with Crippen LogP contribution in [0, 0.1) is 0 Å². The minimum absolute atomic E-state index is 0.0866. The first-order valence-electron chi connectivity index (χ1n) is 5.00. The van der Waals surface area contributed by atoms with E-state index in [1.54, 1.807) is 12.4 Å². The van der Waals surface area contributed by atoms with Crippen molar-refractivity contribution < 1.29 is 4.74 Å². The van der Waals surface area contributed by atoms with Crippen molar-refractivity contribution in [2.24, 2.45) is 5.73 Å². The van der Waals surface area contributed by atoms with Crippen LogP contribution in [0.3, 0.4) is 0 Å². The Kier molecular flexibility index (Phi) is 3.06. The molecule has 0 saturated carbocycles. The maximum atomic E-state index is 6.06. The van der Waals surface area contributed by atoms with Crippen molar-refractivity contribution in [1.82, 2.24) is 9.97 Å². The monoisotopic (exact) mass is 193 g/mol. The molecule has 0 bridgehead atoms. The van der Waals surface area contributed by atoms with Crippen LogP contribution in [0.5, 0.6) is 0 Å². The van der Waals surface area contributed by atoms with E-state index in [0.717, 1.165) is 25.0 Å². The van der Waals surface area contributed by atoms with Crippen LogP contribution >= 0.6 is 0 Å². The molecule has 1 saturated heterocycles. The first-order chi connectivity index (χ1) is 6.88. The predicted molar refractivity (Wildman–Crippen MR) is 52.6 cm³/mol. The van der Waals surface area contributed by atoms with Crippen LogP contribution in [0.1, 0.15) is 30.9 Å². The van der Waals surface area contributed by atoms with E-state index in [1.807, 2.05) is 0 Å². The quantitative estimate of drug-likeness (QED) is 0.762. The highest BCUT2D eigenvalue weighted by Crippen LogP contribution is 2.23. The van der Waals surface area contributed by atoms with E-state index in [9.17, 15) is 0 Å². The van der Waals surface area contributed by atoms with Crippen LogP contribution in [0.2, 0.25) is 0 Å². The molecule has 2 heterocycles. The van der Waals surface area contributed by atoms with Crippen LogP contribution in [0.4, 0.5) is 0 Å². The Morgan fingerprint density at radius 1 is 1.36 bits per heavy atom. The molecule has 2 unspecified atom stereocenters. The molecule has 2 rings (SSSR count). The lowest BCUT2D eigenvalue weighted by atomic mass is 9.99. The van der Waals surface area contributed by atoms with E-state index >= 15 is 0 Å². The first-order valence-corrected chi connectivity index (χ1v) is 5.00. The molecule has 0 radical (unpaired) electrons. The zero-order chi connectivity index (χ0) is 9.80. The van der Waals surface area contributed by atoms with Gasteiger partial charge in [0, 0.05) is 24.6 Å². The van der Waals surface area contributed by atoms with Gasteiger partial charge in [-0.15, -0.1) is 0 Å². The Hall–Kier alpha value is -1.00. The largest absolute Gasteiger partial charge is 0.376 e. The van der Waals surface area contributed by atoms with Crippen LogP contribution in [0.25, 0.3) is 0 Å². The fraction of sp³-hybridized carbons (Fsp3) is 0.600. The topological polar surface area (TPSA) is 61.0 Å². The third kappa shape index (κ3) is 2.08. The summed E-state index contributed by atoms with van der Waals surface area (Å²) >= 11 is 0. The molecule has 0 aromatic carbocycles. The van der Waals surface area contributed by atoms with Gasteiger partial charge in [-0.1, -0.05) is 0 Å². The van der Waals surface area contributed by atoms with Gasteiger partial charge < -0.3 is 10.5 Å². The molecule has 1 aromatic rings. The molecule has 0 spiro atoms. The predicted octanol–water partition coefficient (Wildman–Crippen LogP) is 1.05. The van der Waals surface area contributed by atoms with Gasteiger partial charge in [0.2, 0.25) is 0 Å². The molecule has 4 heteroatoms. The van der Waals surface area contributed by atoms with Crippen LogP contribution in [0.15, 0.2) is 18.7 Å². The van der Waals surface area contributed by atoms with E-state index in [2.05, 4.69) is 9.97 Å². The van der Waals surface area contributed by atoms with Crippen molar-refractivity contribution in [3.8, 4) is 0 Å². The lowest BCUT2D eigenvalue weighted by Gasteiger charge is -2.27. The maximum absolute atomic E-state index is 6.06. The molecule has 4 nitrogen and oxygen atoms in total. The van der Waals surface area contributed by atoms with Gasteiger partial charge in [0.1, 0.15) is 6.33 Å². The normalized spacial score (nSPS) is 24.5. The van der Waals surface area contributed by atoms with Gasteiger partial charge in [-0.25, -0.2) is 9.97 Å². The van der Waals surface area contributed by atoms with Gasteiger partial charge in [0.05, 0.1) is 12.1 Å². The molecule has 1 aliphatic heterocycles. The molecule has 1 fully saturated rings. The Labute approximate surface area is 83.5 Å². The van der Waals surface area contributed by atoms with Gasteiger partial charge >= 0.3 is 0 Å². The molecule has 14 heavy (non-hydrogen) atoms. The Morgan fingerprint density at radius 3 is 2.79 bits per heavy atom. The van der Waals surface area contributed by atoms with Gasteiger partial charge in [-0.3, -0.25) is 0 Å². The van der Waals surface area contributed by atoms with Gasteiger partial charge in [-0.05, 0) is 19.3 Å². The highest BCUT2D eigenvalue weighted by molar-refractivity contribution is 5.10. The van der Waals surface area contributed by atoms with E-state index in [1.165, 1.54) is 12.7 Å². The van der Waals surface area contributed by atoms with Crippen LogP contribution < -0.4 is 5.73 Å². The van der Waals surface area contributed by atoms with Crippen molar-refractivity contribution in [3.05, 3.63) is 24.3 Å². The average Bonchev–Trinajstić information content (AvgIpc) is 2.30. The van der Waals surface area contributed by atoms with Crippen LogP contribution in [-0.2, 0) is 4.74 Å².